The predicted octanol–water partition coefficient (Wildman–Crippen LogP) is 6.10. The Balaban J connectivity index is 1.31. The van der Waals surface area contributed by atoms with Crippen LogP contribution in [0.3, 0.4) is 0 Å². The first-order valence-electron chi connectivity index (χ1n) is 17.0. The number of carbonyl (C=O) groups is 2. The van der Waals surface area contributed by atoms with Crippen molar-refractivity contribution in [2.75, 3.05) is 58.5 Å². The molecule has 0 radical (unpaired) electrons. The highest BCUT2D eigenvalue weighted by Crippen LogP contribution is 2.47. The highest BCUT2D eigenvalue weighted by molar-refractivity contribution is 5.88. The molecule has 0 spiro atoms. The summed E-state index contributed by atoms with van der Waals surface area (Å²) in [4.78, 5) is 31.7. The largest absolute Gasteiger partial charge is 0.497 e. The molecule has 6 rings (SSSR count). The van der Waals surface area contributed by atoms with Gasteiger partial charge in [-0.25, -0.2) is 4.39 Å². The molecule has 262 valence electrons. The number of rotatable bonds is 9. The molecule has 3 saturated heterocycles. The first kappa shape index (κ1) is 34.5. The Morgan fingerprint density at radius 1 is 0.979 bits per heavy atom. The van der Waals surface area contributed by atoms with Crippen LogP contribution in [-0.2, 0) is 20.5 Å². The van der Waals surface area contributed by atoms with E-state index in [0.29, 0.717) is 55.9 Å². The number of benzene rings is 2. The van der Waals surface area contributed by atoms with Crippen LogP contribution in [0, 0.1) is 5.92 Å². The maximum atomic E-state index is 17.7. The fourth-order valence-electron chi connectivity index (χ4n) is 8.51. The fourth-order valence-corrected chi connectivity index (χ4v) is 8.51. The highest BCUT2D eigenvalue weighted by Gasteiger charge is 2.58. The number of hydrogen-bond donors (Lipinski definition) is 1. The molecule has 1 aliphatic carbocycles. The van der Waals surface area contributed by atoms with Gasteiger partial charge in [0.25, 0.3) is 5.91 Å². The van der Waals surface area contributed by atoms with Crippen LogP contribution in [0.1, 0.15) is 73.5 Å². The standard InChI is InChI=1S/C36H45F4N3O5/c1-47-21-28-17-25(30-12-9-26(36(38,39)40)18-32(30)41-15-13-24(14-16-41)33(44)45)19-43(28)34(46)35(37)22-42(27-5-3-4-6-27)20-31(35)23-7-10-29(48-2)11-8-23/h7-12,18,24-25,27-28,31H,3-6,13-17,19-22H2,1-2H3,(H,44,45)/t25-,28+,31+,35+/m1/s1. The summed E-state index contributed by atoms with van der Waals surface area (Å²) >= 11 is 0. The minimum atomic E-state index is -4.56. The SMILES string of the molecule is COC[C@@H]1C[C@@H](c2ccc(C(F)(F)F)cc2N2CCC(C(=O)O)CC2)CN1C(=O)[C@]1(F)CN(C2CCCC2)C[C@H]1c1ccc(OC)cc1. The lowest BCUT2D eigenvalue weighted by atomic mass is 9.85. The van der Waals surface area contributed by atoms with Gasteiger partial charge in [0.1, 0.15) is 5.75 Å². The van der Waals surface area contributed by atoms with Crippen LogP contribution in [0.25, 0.3) is 0 Å². The second kappa shape index (κ2) is 13.9. The van der Waals surface area contributed by atoms with E-state index in [1.165, 1.54) is 13.2 Å². The van der Waals surface area contributed by atoms with Crippen molar-refractivity contribution in [3.05, 3.63) is 59.2 Å². The molecule has 12 heteroatoms. The molecule has 0 aromatic heterocycles. The monoisotopic (exact) mass is 675 g/mol. The van der Waals surface area contributed by atoms with E-state index in [9.17, 15) is 27.9 Å². The van der Waals surface area contributed by atoms with E-state index in [4.69, 9.17) is 9.47 Å². The van der Waals surface area contributed by atoms with Crippen LogP contribution in [-0.4, -0.2) is 98.1 Å². The fraction of sp³-hybridized carbons (Fsp3) is 0.611. The van der Waals surface area contributed by atoms with Gasteiger partial charge in [0.2, 0.25) is 5.67 Å². The zero-order valence-corrected chi connectivity index (χ0v) is 27.6. The summed E-state index contributed by atoms with van der Waals surface area (Å²) in [6.07, 6.45) is 0.578. The summed E-state index contributed by atoms with van der Waals surface area (Å²) in [5, 5.41) is 9.48. The van der Waals surface area contributed by atoms with Gasteiger partial charge < -0.3 is 24.4 Å². The number of likely N-dealkylation sites (tertiary alicyclic amines) is 2. The molecule has 1 N–H and O–H groups in total. The van der Waals surface area contributed by atoms with Gasteiger partial charge in [-0.15, -0.1) is 0 Å². The molecular weight excluding hydrogens is 630 g/mol. The van der Waals surface area contributed by atoms with E-state index < -0.39 is 47.2 Å². The predicted molar refractivity (Wildman–Crippen MR) is 172 cm³/mol. The molecule has 1 saturated carbocycles. The summed E-state index contributed by atoms with van der Waals surface area (Å²) in [6, 6.07) is 10.6. The van der Waals surface area contributed by atoms with E-state index in [1.807, 2.05) is 17.0 Å². The average Bonchev–Trinajstić information content (AvgIpc) is 3.84. The number of amides is 1. The number of ether oxygens (including phenoxy) is 2. The van der Waals surface area contributed by atoms with Crippen molar-refractivity contribution in [1.29, 1.82) is 0 Å². The van der Waals surface area contributed by atoms with E-state index >= 15 is 4.39 Å². The van der Waals surface area contributed by atoms with Crippen LogP contribution in [0.5, 0.6) is 5.75 Å². The number of carbonyl (C=O) groups excluding carboxylic acids is 1. The van der Waals surface area contributed by atoms with Gasteiger partial charge in [-0.2, -0.15) is 13.2 Å². The van der Waals surface area contributed by atoms with Gasteiger partial charge in [-0.1, -0.05) is 31.0 Å². The molecule has 4 atom stereocenters. The number of nitrogens with zero attached hydrogens (tertiary/aromatic N) is 3. The first-order chi connectivity index (χ1) is 22.9. The molecule has 3 aliphatic heterocycles. The van der Waals surface area contributed by atoms with Gasteiger partial charge in [-0.3, -0.25) is 14.5 Å². The molecule has 4 aliphatic rings. The quantitative estimate of drug-likeness (QED) is 0.322. The van der Waals surface area contributed by atoms with Crippen LogP contribution in [0.2, 0.25) is 0 Å². The molecule has 0 bridgehead atoms. The first-order valence-corrected chi connectivity index (χ1v) is 17.0. The van der Waals surface area contributed by atoms with Crippen LogP contribution in [0.15, 0.2) is 42.5 Å². The maximum absolute atomic E-state index is 17.7. The zero-order valence-electron chi connectivity index (χ0n) is 27.6. The molecule has 3 heterocycles. The Morgan fingerprint density at radius 2 is 1.67 bits per heavy atom. The van der Waals surface area contributed by atoms with Crippen LogP contribution >= 0.6 is 0 Å². The number of methoxy groups -OCH3 is 2. The van der Waals surface area contributed by atoms with Gasteiger partial charge in [0.05, 0.1) is 31.2 Å². The lowest BCUT2D eigenvalue weighted by Crippen LogP contribution is -2.53. The van der Waals surface area contributed by atoms with Crippen molar-refractivity contribution in [2.45, 2.75) is 80.7 Å². The Morgan fingerprint density at radius 3 is 2.27 bits per heavy atom. The summed E-state index contributed by atoms with van der Waals surface area (Å²) in [5.74, 6) is -2.48. The minimum Gasteiger partial charge on any atom is -0.497 e. The summed E-state index contributed by atoms with van der Waals surface area (Å²) < 4.78 is 70.2. The molecule has 4 fully saturated rings. The minimum absolute atomic E-state index is 0.0158. The number of carboxylic acid groups (broad SMARTS) is 1. The number of halogens is 4. The van der Waals surface area contributed by atoms with Gasteiger partial charge in [0, 0.05) is 63.4 Å². The second-order valence-electron chi connectivity index (χ2n) is 13.9. The number of carboxylic acids is 1. The molecule has 0 unspecified atom stereocenters. The highest BCUT2D eigenvalue weighted by atomic mass is 19.4. The second-order valence-corrected chi connectivity index (χ2v) is 13.9. The molecule has 48 heavy (non-hydrogen) atoms. The molecular formula is C36H45F4N3O5. The normalized spacial score (nSPS) is 27.6. The van der Waals surface area contributed by atoms with Crippen molar-refractivity contribution < 1.29 is 41.7 Å². The van der Waals surface area contributed by atoms with E-state index in [-0.39, 0.29) is 31.7 Å². The van der Waals surface area contributed by atoms with E-state index in [2.05, 4.69) is 4.90 Å². The van der Waals surface area contributed by atoms with Gasteiger partial charge in [-0.05, 0) is 67.5 Å². The molecule has 2 aromatic carbocycles. The number of anilines is 1. The maximum Gasteiger partial charge on any atom is 0.416 e. The van der Waals surface area contributed by atoms with Crippen molar-refractivity contribution in [3.63, 3.8) is 0 Å². The van der Waals surface area contributed by atoms with Crippen LogP contribution < -0.4 is 9.64 Å². The number of alkyl halides is 4. The summed E-state index contributed by atoms with van der Waals surface area (Å²) in [6.45, 7) is 1.31. The van der Waals surface area contributed by atoms with Crippen LogP contribution in [0.4, 0.5) is 23.2 Å². The molecule has 1 amide bonds. The molecule has 2 aromatic rings. The number of aliphatic carboxylic acids is 1. The van der Waals surface area contributed by atoms with Crippen molar-refractivity contribution in [1.82, 2.24) is 9.80 Å². The smallest absolute Gasteiger partial charge is 0.416 e. The van der Waals surface area contributed by atoms with Crippen molar-refractivity contribution >= 4 is 17.6 Å². The van der Waals surface area contributed by atoms with E-state index in [0.717, 1.165) is 43.4 Å². The topological polar surface area (TPSA) is 82.5 Å². The summed E-state index contributed by atoms with van der Waals surface area (Å²) in [5.41, 5.74) is -1.24. The third-order valence-corrected chi connectivity index (χ3v) is 11.1. The Bertz CT molecular complexity index is 1460. The molecule has 8 nitrogen and oxygen atoms in total. The lowest BCUT2D eigenvalue weighted by Gasteiger charge is -2.35. The van der Waals surface area contributed by atoms with E-state index in [1.54, 1.807) is 24.1 Å². The Hall–Kier alpha value is -3.38. The number of hydrogen-bond acceptors (Lipinski definition) is 6. The summed E-state index contributed by atoms with van der Waals surface area (Å²) in [7, 11) is 3.09. The Labute approximate surface area is 279 Å². The third kappa shape index (κ3) is 6.75. The van der Waals surface area contributed by atoms with Crippen molar-refractivity contribution in [2.24, 2.45) is 5.92 Å². The van der Waals surface area contributed by atoms with Gasteiger partial charge in [0.15, 0.2) is 0 Å². The van der Waals surface area contributed by atoms with Crippen molar-refractivity contribution in [3.8, 4) is 5.75 Å². The number of piperidine rings is 1. The van der Waals surface area contributed by atoms with Gasteiger partial charge >= 0.3 is 12.1 Å². The zero-order chi connectivity index (χ0) is 34.2. The average molecular weight is 676 g/mol. The third-order valence-electron chi connectivity index (χ3n) is 11.1. The Kier molecular flexibility index (Phi) is 9.95. The lowest BCUT2D eigenvalue weighted by molar-refractivity contribution is -0.146.